The fourth-order valence-corrected chi connectivity index (χ4v) is 3.42. The standard InChI is InChI=1S/C23H16BrN/c24-22-12-5-4-11-21(22)20-13-14-23(25-16-20)19-10-6-9-18(15-19)17-7-2-1-3-8-17/h1-16H. The molecule has 0 saturated carbocycles. The molecular formula is C23H16BrN. The van der Waals surface area contributed by atoms with Gasteiger partial charge in [0.05, 0.1) is 5.69 Å². The first-order valence-corrected chi connectivity index (χ1v) is 8.97. The van der Waals surface area contributed by atoms with Crippen LogP contribution in [0.2, 0.25) is 0 Å². The molecule has 0 saturated heterocycles. The van der Waals surface area contributed by atoms with Gasteiger partial charge in [0.2, 0.25) is 0 Å². The summed E-state index contributed by atoms with van der Waals surface area (Å²) in [5.41, 5.74) is 6.78. The third-order valence-corrected chi connectivity index (χ3v) is 4.91. The smallest absolute Gasteiger partial charge is 0.0702 e. The molecule has 0 bridgehead atoms. The number of nitrogens with zero attached hydrogens (tertiary/aromatic N) is 1. The lowest BCUT2D eigenvalue weighted by Crippen LogP contribution is -1.87. The lowest BCUT2D eigenvalue weighted by molar-refractivity contribution is 1.32. The van der Waals surface area contributed by atoms with E-state index in [1.165, 1.54) is 11.1 Å². The number of benzene rings is 3. The summed E-state index contributed by atoms with van der Waals surface area (Å²) in [6.07, 6.45) is 1.94. The summed E-state index contributed by atoms with van der Waals surface area (Å²) in [6, 6.07) is 31.3. The van der Waals surface area contributed by atoms with E-state index in [1.54, 1.807) is 0 Å². The second kappa shape index (κ2) is 7.04. The second-order valence-electron chi connectivity index (χ2n) is 5.86. The van der Waals surface area contributed by atoms with Gasteiger partial charge in [0.25, 0.3) is 0 Å². The molecular weight excluding hydrogens is 370 g/mol. The van der Waals surface area contributed by atoms with Gasteiger partial charge >= 0.3 is 0 Å². The molecule has 0 N–H and O–H groups in total. The van der Waals surface area contributed by atoms with Crippen LogP contribution in [0.3, 0.4) is 0 Å². The van der Waals surface area contributed by atoms with Gasteiger partial charge in [0.1, 0.15) is 0 Å². The van der Waals surface area contributed by atoms with Crippen LogP contribution in [0.5, 0.6) is 0 Å². The van der Waals surface area contributed by atoms with Crippen LogP contribution in [-0.2, 0) is 0 Å². The van der Waals surface area contributed by atoms with E-state index in [2.05, 4.69) is 87.6 Å². The van der Waals surface area contributed by atoms with Crippen LogP contribution < -0.4 is 0 Å². The molecule has 120 valence electrons. The molecule has 0 fully saturated rings. The van der Waals surface area contributed by atoms with E-state index in [1.807, 2.05) is 30.5 Å². The van der Waals surface area contributed by atoms with Crippen molar-refractivity contribution in [1.82, 2.24) is 4.98 Å². The normalized spacial score (nSPS) is 10.6. The maximum Gasteiger partial charge on any atom is 0.0702 e. The first-order valence-electron chi connectivity index (χ1n) is 8.18. The van der Waals surface area contributed by atoms with E-state index in [0.717, 1.165) is 26.9 Å². The zero-order chi connectivity index (χ0) is 17.1. The zero-order valence-corrected chi connectivity index (χ0v) is 15.1. The molecule has 25 heavy (non-hydrogen) atoms. The Hall–Kier alpha value is -2.71. The predicted octanol–water partition coefficient (Wildman–Crippen LogP) is 6.85. The minimum Gasteiger partial charge on any atom is -0.256 e. The Morgan fingerprint density at radius 2 is 1.28 bits per heavy atom. The Morgan fingerprint density at radius 3 is 2.04 bits per heavy atom. The topological polar surface area (TPSA) is 12.9 Å². The molecule has 0 amide bonds. The molecule has 4 rings (SSSR count). The Bertz CT molecular complexity index is 992. The zero-order valence-electron chi connectivity index (χ0n) is 13.6. The van der Waals surface area contributed by atoms with Crippen molar-refractivity contribution in [1.29, 1.82) is 0 Å². The summed E-state index contributed by atoms with van der Waals surface area (Å²) in [5.74, 6) is 0. The van der Waals surface area contributed by atoms with Crippen molar-refractivity contribution in [3.63, 3.8) is 0 Å². The van der Waals surface area contributed by atoms with Gasteiger partial charge in [-0.1, -0.05) is 88.7 Å². The molecule has 0 aliphatic heterocycles. The maximum atomic E-state index is 4.68. The van der Waals surface area contributed by atoms with Gasteiger partial charge in [0, 0.05) is 21.8 Å². The highest BCUT2D eigenvalue weighted by Gasteiger charge is 2.05. The molecule has 0 unspecified atom stereocenters. The molecule has 0 atom stereocenters. The highest BCUT2D eigenvalue weighted by atomic mass is 79.9. The van der Waals surface area contributed by atoms with Crippen molar-refractivity contribution >= 4 is 15.9 Å². The molecule has 2 heteroatoms. The summed E-state index contributed by atoms with van der Waals surface area (Å²) < 4.78 is 1.08. The van der Waals surface area contributed by atoms with E-state index in [0.29, 0.717) is 0 Å². The van der Waals surface area contributed by atoms with E-state index >= 15 is 0 Å². The minimum atomic E-state index is 0.980. The third kappa shape index (κ3) is 3.40. The minimum absolute atomic E-state index is 0.980. The Kier molecular flexibility index (Phi) is 4.45. The van der Waals surface area contributed by atoms with Gasteiger partial charge in [-0.05, 0) is 34.9 Å². The fourth-order valence-electron chi connectivity index (χ4n) is 2.91. The number of aromatic nitrogens is 1. The summed E-state index contributed by atoms with van der Waals surface area (Å²) in [4.78, 5) is 4.68. The number of hydrogen-bond acceptors (Lipinski definition) is 1. The lowest BCUT2D eigenvalue weighted by atomic mass is 10.0. The van der Waals surface area contributed by atoms with Gasteiger partial charge in [-0.2, -0.15) is 0 Å². The van der Waals surface area contributed by atoms with Crippen molar-refractivity contribution in [3.05, 3.63) is 102 Å². The first-order chi connectivity index (χ1) is 12.3. The number of hydrogen-bond donors (Lipinski definition) is 0. The lowest BCUT2D eigenvalue weighted by Gasteiger charge is -2.08. The van der Waals surface area contributed by atoms with Gasteiger partial charge in [-0.25, -0.2) is 0 Å². The Morgan fingerprint density at radius 1 is 0.560 bits per heavy atom. The van der Waals surface area contributed by atoms with Gasteiger partial charge in [-0.3, -0.25) is 4.98 Å². The van der Waals surface area contributed by atoms with Crippen LogP contribution in [0.15, 0.2) is 102 Å². The Balaban J connectivity index is 1.68. The van der Waals surface area contributed by atoms with E-state index in [-0.39, 0.29) is 0 Å². The van der Waals surface area contributed by atoms with Crippen LogP contribution in [0.25, 0.3) is 33.5 Å². The van der Waals surface area contributed by atoms with Crippen LogP contribution in [-0.4, -0.2) is 4.98 Å². The van der Waals surface area contributed by atoms with Crippen molar-refractivity contribution in [3.8, 4) is 33.5 Å². The molecule has 4 aromatic rings. The summed E-state index contributed by atoms with van der Waals surface area (Å²) >= 11 is 3.60. The number of rotatable bonds is 3. The van der Waals surface area contributed by atoms with Crippen LogP contribution in [0, 0.1) is 0 Å². The summed E-state index contributed by atoms with van der Waals surface area (Å²) in [7, 11) is 0. The average Bonchev–Trinajstić information content (AvgIpc) is 2.69. The molecule has 0 radical (unpaired) electrons. The van der Waals surface area contributed by atoms with Gasteiger partial charge in [-0.15, -0.1) is 0 Å². The van der Waals surface area contributed by atoms with E-state index in [9.17, 15) is 0 Å². The molecule has 1 aromatic heterocycles. The van der Waals surface area contributed by atoms with Gasteiger partial charge in [0.15, 0.2) is 0 Å². The molecule has 0 aliphatic carbocycles. The van der Waals surface area contributed by atoms with Gasteiger partial charge < -0.3 is 0 Å². The highest BCUT2D eigenvalue weighted by molar-refractivity contribution is 9.10. The highest BCUT2D eigenvalue weighted by Crippen LogP contribution is 2.30. The fraction of sp³-hybridized carbons (Fsp3) is 0. The molecule has 1 heterocycles. The van der Waals surface area contributed by atoms with Crippen molar-refractivity contribution in [2.75, 3.05) is 0 Å². The largest absolute Gasteiger partial charge is 0.256 e. The summed E-state index contributed by atoms with van der Waals surface area (Å²) in [6.45, 7) is 0. The molecule has 0 spiro atoms. The van der Waals surface area contributed by atoms with Crippen molar-refractivity contribution in [2.24, 2.45) is 0 Å². The maximum absolute atomic E-state index is 4.68. The van der Waals surface area contributed by atoms with Crippen LogP contribution >= 0.6 is 15.9 Å². The quantitative estimate of drug-likeness (QED) is 0.375. The number of halogens is 1. The molecule has 3 aromatic carbocycles. The van der Waals surface area contributed by atoms with Crippen LogP contribution in [0.1, 0.15) is 0 Å². The van der Waals surface area contributed by atoms with Crippen LogP contribution in [0.4, 0.5) is 0 Å². The van der Waals surface area contributed by atoms with Crippen molar-refractivity contribution in [2.45, 2.75) is 0 Å². The van der Waals surface area contributed by atoms with E-state index in [4.69, 9.17) is 0 Å². The Labute approximate surface area is 156 Å². The monoisotopic (exact) mass is 385 g/mol. The molecule has 1 nitrogen and oxygen atoms in total. The first kappa shape index (κ1) is 15.8. The number of pyridine rings is 1. The SMILES string of the molecule is Brc1ccccc1-c1ccc(-c2cccc(-c3ccccc3)c2)nc1. The van der Waals surface area contributed by atoms with E-state index < -0.39 is 0 Å². The third-order valence-electron chi connectivity index (χ3n) is 4.21. The van der Waals surface area contributed by atoms with Crippen molar-refractivity contribution < 1.29 is 0 Å². The second-order valence-corrected chi connectivity index (χ2v) is 6.71. The predicted molar refractivity (Wildman–Crippen MR) is 108 cm³/mol. The molecule has 0 aliphatic rings. The summed E-state index contributed by atoms with van der Waals surface area (Å²) in [5, 5.41) is 0. The average molecular weight is 386 g/mol.